The summed E-state index contributed by atoms with van der Waals surface area (Å²) in [6.45, 7) is 4.46. The van der Waals surface area contributed by atoms with Crippen LogP contribution >= 0.6 is 0 Å². The third-order valence-corrected chi connectivity index (χ3v) is 2.57. The number of allylic oxidation sites excluding steroid dienone is 1. The molecule has 0 saturated carbocycles. The molecule has 0 aromatic carbocycles. The largest absolute Gasteiger partial charge is 0.282 e. The first-order valence-corrected chi connectivity index (χ1v) is 4.54. The van der Waals surface area contributed by atoms with Crippen LogP contribution < -0.4 is 0 Å². The number of aromatic nitrogens is 2. The molecule has 0 bridgehead atoms. The minimum Gasteiger partial charge on any atom is -0.282 e. The van der Waals surface area contributed by atoms with Crippen LogP contribution in [0.1, 0.15) is 43.9 Å². The van der Waals surface area contributed by atoms with Crippen molar-refractivity contribution < 1.29 is 0 Å². The van der Waals surface area contributed by atoms with E-state index in [1.165, 1.54) is 23.3 Å². The van der Waals surface area contributed by atoms with Gasteiger partial charge in [-0.25, -0.2) is 0 Å². The first-order valence-electron chi connectivity index (χ1n) is 4.54. The Labute approximate surface area is 72.7 Å². The maximum Gasteiger partial charge on any atom is 0.0562 e. The van der Waals surface area contributed by atoms with Gasteiger partial charge >= 0.3 is 0 Å². The average Bonchev–Trinajstić information content (AvgIpc) is 2.52. The number of hydrogen-bond acceptors (Lipinski definition) is 1. The monoisotopic (exact) mass is 162 g/mol. The first kappa shape index (κ1) is 7.59. The van der Waals surface area contributed by atoms with Crippen LogP contribution in [-0.2, 0) is 0 Å². The Bertz CT molecular complexity index is 309. The highest BCUT2D eigenvalue weighted by Crippen LogP contribution is 2.32. The lowest BCUT2D eigenvalue weighted by molar-refractivity contribution is 0.696. The molecule has 12 heavy (non-hydrogen) atoms. The van der Waals surface area contributed by atoms with Gasteiger partial charge in [-0.2, -0.15) is 5.10 Å². The van der Waals surface area contributed by atoms with Gasteiger partial charge in [0.25, 0.3) is 0 Å². The van der Waals surface area contributed by atoms with E-state index in [1.807, 2.05) is 6.20 Å². The fraction of sp³-hybridized carbons (Fsp3) is 0.500. The van der Waals surface area contributed by atoms with Gasteiger partial charge in [0.1, 0.15) is 0 Å². The Morgan fingerprint density at radius 3 is 3.25 bits per heavy atom. The minimum atomic E-state index is 0.613. The lowest BCUT2D eigenvalue weighted by Gasteiger charge is -2.17. The Kier molecular flexibility index (Phi) is 1.75. The maximum absolute atomic E-state index is 4.05. The van der Waals surface area contributed by atoms with Gasteiger partial charge in [0, 0.05) is 17.2 Å². The lowest BCUT2D eigenvalue weighted by Crippen LogP contribution is -2.02. The number of fused-ring (bicyclic) bond motifs is 1. The molecule has 0 fully saturated rings. The van der Waals surface area contributed by atoms with Crippen LogP contribution in [0.25, 0.3) is 6.08 Å². The molecule has 2 nitrogen and oxygen atoms in total. The molecule has 2 rings (SSSR count). The number of hydrogen-bond donors (Lipinski definition) is 1. The Hall–Kier alpha value is -1.05. The van der Waals surface area contributed by atoms with E-state index in [0.29, 0.717) is 5.92 Å². The lowest BCUT2D eigenvalue weighted by atomic mass is 9.88. The van der Waals surface area contributed by atoms with Crippen LogP contribution in [-0.4, -0.2) is 10.2 Å². The van der Waals surface area contributed by atoms with Crippen molar-refractivity contribution in [3.8, 4) is 0 Å². The molecule has 0 aliphatic heterocycles. The number of aromatic amines is 1. The summed E-state index contributed by atoms with van der Waals surface area (Å²) in [5.74, 6) is 0.613. The number of nitrogens with one attached hydrogen (secondary N) is 1. The normalized spacial score (nSPS) is 21.8. The molecule has 1 N–H and O–H groups in total. The van der Waals surface area contributed by atoms with E-state index in [4.69, 9.17) is 0 Å². The summed E-state index contributed by atoms with van der Waals surface area (Å²) in [4.78, 5) is 0. The number of H-pyrrole nitrogens is 1. The summed E-state index contributed by atoms with van der Waals surface area (Å²) >= 11 is 0. The van der Waals surface area contributed by atoms with Crippen molar-refractivity contribution in [1.82, 2.24) is 10.2 Å². The number of nitrogens with zero attached hydrogens (tertiary/aromatic N) is 1. The molecule has 2 heteroatoms. The zero-order valence-electron chi connectivity index (χ0n) is 7.59. The van der Waals surface area contributed by atoms with Gasteiger partial charge in [0.15, 0.2) is 0 Å². The molecular formula is C10H14N2. The van der Waals surface area contributed by atoms with E-state index < -0.39 is 0 Å². The zero-order valence-corrected chi connectivity index (χ0v) is 7.59. The van der Waals surface area contributed by atoms with Gasteiger partial charge in [-0.3, -0.25) is 5.10 Å². The second-order valence-corrected chi connectivity index (χ2v) is 3.50. The quantitative estimate of drug-likeness (QED) is 0.675. The molecule has 1 heterocycles. The van der Waals surface area contributed by atoms with Crippen molar-refractivity contribution in [3.05, 3.63) is 23.0 Å². The van der Waals surface area contributed by atoms with Crippen LogP contribution in [0.15, 0.2) is 11.8 Å². The topological polar surface area (TPSA) is 28.7 Å². The summed E-state index contributed by atoms with van der Waals surface area (Å²) in [5.41, 5.74) is 4.12. The third kappa shape index (κ3) is 1.07. The Morgan fingerprint density at radius 2 is 2.50 bits per heavy atom. The van der Waals surface area contributed by atoms with Gasteiger partial charge in [-0.05, 0) is 12.8 Å². The molecule has 1 unspecified atom stereocenters. The predicted molar refractivity (Wildman–Crippen MR) is 49.9 cm³/mol. The summed E-state index contributed by atoms with van der Waals surface area (Å²) in [7, 11) is 0. The average molecular weight is 162 g/mol. The van der Waals surface area contributed by atoms with E-state index >= 15 is 0 Å². The highest BCUT2D eigenvalue weighted by atomic mass is 15.1. The predicted octanol–water partition coefficient (Wildman–Crippen LogP) is 2.71. The smallest absolute Gasteiger partial charge is 0.0562 e. The van der Waals surface area contributed by atoms with E-state index in [2.05, 4.69) is 30.1 Å². The molecule has 0 amide bonds. The van der Waals surface area contributed by atoms with Gasteiger partial charge in [0.2, 0.25) is 0 Å². The highest BCUT2D eigenvalue weighted by Gasteiger charge is 2.17. The van der Waals surface area contributed by atoms with Gasteiger partial charge in [-0.15, -0.1) is 0 Å². The van der Waals surface area contributed by atoms with Crippen molar-refractivity contribution >= 4 is 6.08 Å². The molecule has 1 atom stereocenters. The molecule has 0 spiro atoms. The SMILES string of the molecule is CCC1=Cc2cn[nH]c2C(C)C1. The van der Waals surface area contributed by atoms with Gasteiger partial charge in [0.05, 0.1) is 6.20 Å². The van der Waals surface area contributed by atoms with Crippen molar-refractivity contribution in [2.24, 2.45) is 0 Å². The third-order valence-electron chi connectivity index (χ3n) is 2.57. The molecular weight excluding hydrogens is 148 g/mol. The fourth-order valence-corrected chi connectivity index (χ4v) is 1.84. The van der Waals surface area contributed by atoms with Crippen LogP contribution in [0.3, 0.4) is 0 Å². The van der Waals surface area contributed by atoms with Crippen LogP contribution in [0.2, 0.25) is 0 Å². The van der Waals surface area contributed by atoms with E-state index in [-0.39, 0.29) is 0 Å². The highest BCUT2D eigenvalue weighted by molar-refractivity contribution is 5.58. The van der Waals surface area contributed by atoms with E-state index in [0.717, 1.165) is 6.42 Å². The van der Waals surface area contributed by atoms with Crippen molar-refractivity contribution in [3.63, 3.8) is 0 Å². The van der Waals surface area contributed by atoms with E-state index in [9.17, 15) is 0 Å². The van der Waals surface area contributed by atoms with Gasteiger partial charge < -0.3 is 0 Å². The summed E-state index contributed by atoms with van der Waals surface area (Å²) in [6, 6.07) is 0. The second kappa shape index (κ2) is 2.77. The first-order chi connectivity index (χ1) is 5.81. The molecule has 1 aromatic heterocycles. The minimum absolute atomic E-state index is 0.613. The van der Waals surface area contributed by atoms with Crippen molar-refractivity contribution in [2.75, 3.05) is 0 Å². The maximum atomic E-state index is 4.05. The van der Waals surface area contributed by atoms with Crippen LogP contribution in [0, 0.1) is 0 Å². The zero-order chi connectivity index (χ0) is 8.55. The summed E-state index contributed by atoms with van der Waals surface area (Å²) in [5, 5.41) is 7.11. The summed E-state index contributed by atoms with van der Waals surface area (Å²) in [6.07, 6.45) is 6.53. The molecule has 1 aromatic rings. The second-order valence-electron chi connectivity index (χ2n) is 3.50. The molecule has 64 valence electrons. The molecule has 1 aliphatic rings. The fourth-order valence-electron chi connectivity index (χ4n) is 1.84. The Balaban J connectivity index is 2.42. The van der Waals surface area contributed by atoms with E-state index in [1.54, 1.807) is 0 Å². The number of rotatable bonds is 1. The standard InChI is InChI=1S/C10H14N2/c1-3-8-4-7(2)10-9(5-8)6-11-12-10/h5-7H,3-4H2,1-2H3,(H,11,12). The van der Waals surface area contributed by atoms with Gasteiger partial charge in [-0.1, -0.05) is 25.5 Å². The molecule has 0 radical (unpaired) electrons. The molecule has 0 saturated heterocycles. The Morgan fingerprint density at radius 1 is 1.67 bits per heavy atom. The van der Waals surface area contributed by atoms with Crippen LogP contribution in [0.4, 0.5) is 0 Å². The van der Waals surface area contributed by atoms with Crippen LogP contribution in [0.5, 0.6) is 0 Å². The van der Waals surface area contributed by atoms with Crippen molar-refractivity contribution in [1.29, 1.82) is 0 Å². The summed E-state index contributed by atoms with van der Waals surface area (Å²) < 4.78 is 0. The van der Waals surface area contributed by atoms with Crippen molar-refractivity contribution in [2.45, 2.75) is 32.6 Å². The molecule has 1 aliphatic carbocycles.